The number of nitrogens with one attached hydrogen (secondary N) is 2. The molecule has 0 saturated heterocycles. The summed E-state index contributed by atoms with van der Waals surface area (Å²) in [6.07, 6.45) is 1.03. The lowest BCUT2D eigenvalue weighted by molar-refractivity contribution is 0.102. The summed E-state index contributed by atoms with van der Waals surface area (Å²) in [5, 5.41) is 2.87. The van der Waals surface area contributed by atoms with Crippen LogP contribution in [0.3, 0.4) is 0 Å². The first-order chi connectivity index (χ1) is 10.2. The number of rotatable bonds is 4. The van der Waals surface area contributed by atoms with E-state index in [2.05, 4.69) is 26.0 Å². The van der Waals surface area contributed by atoms with Gasteiger partial charge in [0.15, 0.2) is 0 Å². The van der Waals surface area contributed by atoms with Crippen molar-refractivity contribution in [2.45, 2.75) is 0 Å². The van der Waals surface area contributed by atoms with E-state index in [0.29, 0.717) is 11.3 Å². The molecule has 0 atom stereocenters. The second kappa shape index (κ2) is 6.68. The van der Waals surface area contributed by atoms with Crippen LogP contribution in [0.25, 0.3) is 0 Å². The number of hydrogen-bond donors (Lipinski definition) is 2. The lowest BCUT2D eigenvalue weighted by Crippen LogP contribution is -2.13. The molecule has 0 aromatic heterocycles. The number of sulfonamides is 1. The Morgan fingerprint density at radius 3 is 2.50 bits per heavy atom. The van der Waals surface area contributed by atoms with E-state index >= 15 is 0 Å². The van der Waals surface area contributed by atoms with Crippen molar-refractivity contribution in [2.24, 2.45) is 0 Å². The fourth-order valence-electron chi connectivity index (χ4n) is 1.71. The summed E-state index contributed by atoms with van der Waals surface area (Å²) in [6, 6.07) is 11.5. The Morgan fingerprint density at radius 2 is 1.91 bits per heavy atom. The Hall–Kier alpha value is -1.57. The first kappa shape index (κ1) is 16.8. The van der Waals surface area contributed by atoms with Crippen molar-refractivity contribution in [1.82, 2.24) is 0 Å². The predicted octanol–water partition coefficient (Wildman–Crippen LogP) is 3.73. The minimum atomic E-state index is -3.43. The van der Waals surface area contributed by atoms with Crippen molar-refractivity contribution < 1.29 is 13.2 Å². The maximum Gasteiger partial charge on any atom is 0.255 e. The molecule has 0 radical (unpaired) electrons. The van der Waals surface area contributed by atoms with Crippen LogP contribution in [0.4, 0.5) is 11.4 Å². The standard InChI is InChI=1S/C14H12BrClN2O3S/c1-22(20,21)18-13-6-5-9(7-12(13)16)14(19)17-11-4-2-3-10(15)8-11/h2-8,18H,1H3,(H,17,19). The second-order valence-corrected chi connectivity index (χ2v) is 7.60. The van der Waals surface area contributed by atoms with E-state index < -0.39 is 10.0 Å². The highest BCUT2D eigenvalue weighted by Crippen LogP contribution is 2.24. The largest absolute Gasteiger partial charge is 0.322 e. The van der Waals surface area contributed by atoms with E-state index in [1.165, 1.54) is 18.2 Å². The fourth-order valence-corrected chi connectivity index (χ4v) is 2.97. The first-order valence-electron chi connectivity index (χ1n) is 6.09. The third-order valence-electron chi connectivity index (χ3n) is 2.61. The molecule has 0 fully saturated rings. The molecule has 0 aliphatic heterocycles. The van der Waals surface area contributed by atoms with Gasteiger partial charge >= 0.3 is 0 Å². The maximum atomic E-state index is 12.2. The van der Waals surface area contributed by atoms with Gasteiger partial charge in [0.2, 0.25) is 10.0 Å². The number of benzene rings is 2. The molecular weight excluding hydrogens is 392 g/mol. The molecule has 8 heteroatoms. The topological polar surface area (TPSA) is 75.3 Å². The third kappa shape index (κ3) is 4.72. The van der Waals surface area contributed by atoms with E-state index in [9.17, 15) is 13.2 Å². The molecule has 0 spiro atoms. The van der Waals surface area contributed by atoms with E-state index in [4.69, 9.17) is 11.6 Å². The molecule has 0 saturated carbocycles. The van der Waals surface area contributed by atoms with Crippen molar-refractivity contribution in [2.75, 3.05) is 16.3 Å². The summed E-state index contributed by atoms with van der Waals surface area (Å²) in [7, 11) is -3.43. The average Bonchev–Trinajstić information content (AvgIpc) is 2.39. The molecule has 2 aromatic rings. The number of amides is 1. The number of hydrogen-bond acceptors (Lipinski definition) is 3. The molecule has 2 N–H and O–H groups in total. The molecule has 2 rings (SSSR count). The summed E-state index contributed by atoms with van der Waals surface area (Å²) in [5.74, 6) is -0.342. The monoisotopic (exact) mass is 402 g/mol. The normalized spacial score (nSPS) is 11.0. The van der Waals surface area contributed by atoms with Crippen LogP contribution in [0.2, 0.25) is 5.02 Å². The number of carbonyl (C=O) groups excluding carboxylic acids is 1. The zero-order chi connectivity index (χ0) is 16.3. The van der Waals surface area contributed by atoms with Gasteiger partial charge in [0.25, 0.3) is 5.91 Å². The van der Waals surface area contributed by atoms with Crippen molar-refractivity contribution in [3.05, 3.63) is 57.5 Å². The quantitative estimate of drug-likeness (QED) is 0.817. The zero-order valence-electron chi connectivity index (χ0n) is 11.4. The molecule has 22 heavy (non-hydrogen) atoms. The van der Waals surface area contributed by atoms with Gasteiger partial charge in [-0.2, -0.15) is 0 Å². The number of halogens is 2. The predicted molar refractivity (Wildman–Crippen MR) is 92.0 cm³/mol. The Bertz CT molecular complexity index is 825. The fraction of sp³-hybridized carbons (Fsp3) is 0.0714. The van der Waals surface area contributed by atoms with E-state index in [1.807, 2.05) is 6.07 Å². The van der Waals surface area contributed by atoms with Gasteiger partial charge < -0.3 is 5.32 Å². The summed E-state index contributed by atoms with van der Waals surface area (Å²) in [6.45, 7) is 0. The smallest absolute Gasteiger partial charge is 0.255 e. The number of anilines is 2. The lowest BCUT2D eigenvalue weighted by Gasteiger charge is -2.09. The lowest BCUT2D eigenvalue weighted by atomic mass is 10.2. The summed E-state index contributed by atoms with van der Waals surface area (Å²) < 4.78 is 25.5. The van der Waals surface area contributed by atoms with Gasteiger partial charge in [0, 0.05) is 15.7 Å². The zero-order valence-corrected chi connectivity index (χ0v) is 14.6. The van der Waals surface area contributed by atoms with Gasteiger partial charge in [-0.3, -0.25) is 9.52 Å². The van der Waals surface area contributed by atoms with Crippen LogP contribution in [0.5, 0.6) is 0 Å². The molecule has 1 amide bonds. The van der Waals surface area contributed by atoms with Gasteiger partial charge in [0.05, 0.1) is 17.0 Å². The van der Waals surface area contributed by atoms with Crippen LogP contribution in [0.15, 0.2) is 46.9 Å². The van der Waals surface area contributed by atoms with E-state index in [-0.39, 0.29) is 16.6 Å². The van der Waals surface area contributed by atoms with Crippen LogP contribution >= 0.6 is 27.5 Å². The van der Waals surface area contributed by atoms with Gasteiger partial charge in [-0.1, -0.05) is 33.6 Å². The molecular formula is C14H12BrClN2O3S. The summed E-state index contributed by atoms with van der Waals surface area (Å²) >= 11 is 9.31. The highest BCUT2D eigenvalue weighted by Gasteiger charge is 2.11. The van der Waals surface area contributed by atoms with Gasteiger partial charge in [-0.05, 0) is 36.4 Å². The highest BCUT2D eigenvalue weighted by molar-refractivity contribution is 9.10. The van der Waals surface area contributed by atoms with Crippen molar-refractivity contribution in [3.8, 4) is 0 Å². The number of carbonyl (C=O) groups is 1. The SMILES string of the molecule is CS(=O)(=O)Nc1ccc(C(=O)Nc2cccc(Br)c2)cc1Cl. The molecule has 116 valence electrons. The molecule has 0 unspecified atom stereocenters. The van der Waals surface area contributed by atoms with E-state index in [0.717, 1.165) is 10.7 Å². The average molecular weight is 404 g/mol. The van der Waals surface area contributed by atoms with E-state index in [1.54, 1.807) is 18.2 Å². The van der Waals surface area contributed by atoms with Crippen molar-refractivity contribution in [1.29, 1.82) is 0 Å². The minimum absolute atomic E-state index is 0.146. The van der Waals surface area contributed by atoms with Gasteiger partial charge in [-0.25, -0.2) is 8.42 Å². The molecule has 0 aliphatic rings. The summed E-state index contributed by atoms with van der Waals surface area (Å²) in [5.41, 5.74) is 1.18. The molecule has 5 nitrogen and oxygen atoms in total. The highest BCUT2D eigenvalue weighted by atomic mass is 79.9. The molecule has 2 aromatic carbocycles. The Kier molecular flexibility index (Phi) is 5.10. The Balaban J connectivity index is 2.19. The third-order valence-corrected chi connectivity index (χ3v) is 4.01. The van der Waals surface area contributed by atoms with Crippen LogP contribution in [-0.2, 0) is 10.0 Å². The second-order valence-electron chi connectivity index (χ2n) is 4.53. The molecule has 0 aliphatic carbocycles. The Morgan fingerprint density at radius 1 is 1.18 bits per heavy atom. The van der Waals surface area contributed by atoms with Crippen LogP contribution in [0, 0.1) is 0 Å². The van der Waals surface area contributed by atoms with Gasteiger partial charge in [0.1, 0.15) is 0 Å². The maximum absolute atomic E-state index is 12.2. The van der Waals surface area contributed by atoms with Crippen LogP contribution in [-0.4, -0.2) is 20.6 Å². The first-order valence-corrected chi connectivity index (χ1v) is 9.15. The minimum Gasteiger partial charge on any atom is -0.322 e. The Labute approximate surface area is 141 Å². The van der Waals surface area contributed by atoms with Crippen molar-refractivity contribution >= 4 is 54.8 Å². The molecule has 0 heterocycles. The van der Waals surface area contributed by atoms with Crippen LogP contribution in [0.1, 0.15) is 10.4 Å². The van der Waals surface area contributed by atoms with Crippen LogP contribution < -0.4 is 10.0 Å². The van der Waals surface area contributed by atoms with Gasteiger partial charge in [-0.15, -0.1) is 0 Å². The molecule has 0 bridgehead atoms. The van der Waals surface area contributed by atoms with Crippen molar-refractivity contribution in [3.63, 3.8) is 0 Å². The summed E-state index contributed by atoms with van der Waals surface area (Å²) in [4.78, 5) is 12.2.